The molecule has 1 unspecified atom stereocenters. The molecule has 1 aromatic carbocycles. The van der Waals surface area contributed by atoms with Gasteiger partial charge < -0.3 is 10.2 Å². The van der Waals surface area contributed by atoms with Gasteiger partial charge in [0.1, 0.15) is 10.7 Å². The van der Waals surface area contributed by atoms with E-state index in [4.69, 9.17) is 0 Å². The van der Waals surface area contributed by atoms with Gasteiger partial charge in [0.2, 0.25) is 5.91 Å². The van der Waals surface area contributed by atoms with Gasteiger partial charge in [-0.3, -0.25) is 9.69 Å². The van der Waals surface area contributed by atoms with Gasteiger partial charge in [-0.25, -0.2) is 12.8 Å². The Kier molecular flexibility index (Phi) is 5.35. The number of nitrogens with zero attached hydrogens (tertiary/aromatic N) is 2. The second kappa shape index (κ2) is 7.14. The molecule has 1 N–H and O–H groups in total. The van der Waals surface area contributed by atoms with Crippen molar-refractivity contribution in [3.05, 3.63) is 23.5 Å². The summed E-state index contributed by atoms with van der Waals surface area (Å²) in [7, 11) is -3.70. The minimum Gasteiger partial charge on any atom is -0.312 e. The minimum atomic E-state index is -3.70. The van der Waals surface area contributed by atoms with Crippen molar-refractivity contribution in [2.24, 2.45) is 0 Å². The molecular formula is C19H28FN3O3S. The van der Waals surface area contributed by atoms with Gasteiger partial charge in [-0.2, -0.15) is 0 Å². The SMILES string of the molecule is CCS(=O)(=O)c1cc2c(cc1F)C(C)(C)CN2C(=O)CN1CCNC(C)C1. The summed E-state index contributed by atoms with van der Waals surface area (Å²) in [6.45, 7) is 10.6. The van der Waals surface area contributed by atoms with E-state index < -0.39 is 21.1 Å². The monoisotopic (exact) mass is 397 g/mol. The molecule has 1 saturated heterocycles. The lowest BCUT2D eigenvalue weighted by molar-refractivity contribution is -0.120. The quantitative estimate of drug-likeness (QED) is 0.835. The Morgan fingerprint density at radius 3 is 2.70 bits per heavy atom. The molecule has 0 saturated carbocycles. The molecule has 0 aliphatic carbocycles. The maximum absolute atomic E-state index is 14.5. The van der Waals surface area contributed by atoms with Gasteiger partial charge >= 0.3 is 0 Å². The van der Waals surface area contributed by atoms with Crippen LogP contribution in [0.5, 0.6) is 0 Å². The van der Waals surface area contributed by atoms with Crippen molar-refractivity contribution >= 4 is 21.4 Å². The van der Waals surface area contributed by atoms with Gasteiger partial charge in [0.05, 0.1) is 12.3 Å². The van der Waals surface area contributed by atoms with Gasteiger partial charge in [0, 0.05) is 43.3 Å². The molecular weight excluding hydrogens is 369 g/mol. The predicted octanol–water partition coefficient (Wildman–Crippen LogP) is 1.54. The lowest BCUT2D eigenvalue weighted by Gasteiger charge is -2.32. The lowest BCUT2D eigenvalue weighted by atomic mass is 9.87. The number of hydrogen-bond donors (Lipinski definition) is 1. The van der Waals surface area contributed by atoms with Gasteiger partial charge in [-0.05, 0) is 24.6 Å². The molecule has 1 amide bonds. The number of anilines is 1. The van der Waals surface area contributed by atoms with E-state index in [2.05, 4.69) is 17.1 Å². The van der Waals surface area contributed by atoms with Gasteiger partial charge in [-0.1, -0.05) is 20.8 Å². The van der Waals surface area contributed by atoms with E-state index in [1.807, 2.05) is 13.8 Å². The van der Waals surface area contributed by atoms with Crippen molar-refractivity contribution in [2.75, 3.05) is 43.4 Å². The summed E-state index contributed by atoms with van der Waals surface area (Å²) in [6.07, 6.45) is 0. The van der Waals surface area contributed by atoms with Crippen LogP contribution >= 0.6 is 0 Å². The first-order valence-corrected chi connectivity index (χ1v) is 11.0. The summed E-state index contributed by atoms with van der Waals surface area (Å²) in [5.41, 5.74) is 0.760. The summed E-state index contributed by atoms with van der Waals surface area (Å²) >= 11 is 0. The fourth-order valence-corrected chi connectivity index (χ4v) is 4.88. The standard InChI is InChI=1S/C19H28FN3O3S/c1-5-27(25,26)17-9-16-14(8-15(17)20)19(3,4)12-23(16)18(24)11-22-7-6-21-13(2)10-22/h8-9,13,21H,5-7,10-12H2,1-4H3. The summed E-state index contributed by atoms with van der Waals surface area (Å²) in [5.74, 6) is -1.00. The lowest BCUT2D eigenvalue weighted by Crippen LogP contribution is -2.52. The first-order valence-electron chi connectivity index (χ1n) is 9.38. The fourth-order valence-electron chi connectivity index (χ4n) is 3.92. The molecule has 2 heterocycles. The number of fused-ring (bicyclic) bond motifs is 1. The summed E-state index contributed by atoms with van der Waals surface area (Å²) in [6, 6.07) is 2.96. The fraction of sp³-hybridized carbons (Fsp3) is 0.632. The third-order valence-corrected chi connectivity index (χ3v) is 7.19. The van der Waals surface area contributed by atoms with E-state index in [-0.39, 0.29) is 23.1 Å². The second-order valence-corrected chi connectivity index (χ2v) is 10.4. The number of nitrogens with one attached hydrogen (secondary N) is 1. The Bertz CT molecular complexity index is 854. The molecule has 0 spiro atoms. The molecule has 1 aromatic rings. The van der Waals surface area contributed by atoms with Crippen LogP contribution < -0.4 is 10.2 Å². The Hall–Kier alpha value is -1.51. The second-order valence-electron chi connectivity index (χ2n) is 8.16. The van der Waals surface area contributed by atoms with E-state index in [0.717, 1.165) is 19.6 Å². The minimum absolute atomic E-state index is 0.0811. The average Bonchev–Trinajstić information content (AvgIpc) is 2.85. The first kappa shape index (κ1) is 20.2. The Balaban J connectivity index is 1.94. The number of halogens is 1. The Morgan fingerprint density at radius 1 is 1.37 bits per heavy atom. The number of rotatable bonds is 4. The van der Waals surface area contributed by atoms with Gasteiger partial charge in [0.15, 0.2) is 9.84 Å². The summed E-state index contributed by atoms with van der Waals surface area (Å²) in [4.78, 5) is 16.4. The molecule has 2 aliphatic heterocycles. The van der Waals surface area contributed by atoms with Crippen LogP contribution in [0.1, 0.15) is 33.3 Å². The molecule has 150 valence electrons. The third-order valence-electron chi connectivity index (χ3n) is 5.45. The highest BCUT2D eigenvalue weighted by atomic mass is 32.2. The summed E-state index contributed by atoms with van der Waals surface area (Å²) < 4.78 is 39.0. The van der Waals surface area contributed by atoms with Crippen molar-refractivity contribution in [1.29, 1.82) is 0 Å². The van der Waals surface area contributed by atoms with Gasteiger partial charge in [0.25, 0.3) is 0 Å². The zero-order chi connectivity index (χ0) is 20.0. The number of hydrogen-bond acceptors (Lipinski definition) is 5. The molecule has 3 rings (SSSR count). The van der Waals surface area contributed by atoms with Gasteiger partial charge in [-0.15, -0.1) is 0 Å². The third kappa shape index (κ3) is 3.88. The number of carbonyl (C=O) groups excluding carboxylic acids is 1. The maximum atomic E-state index is 14.5. The predicted molar refractivity (Wildman–Crippen MR) is 103 cm³/mol. The van der Waals surface area contributed by atoms with Crippen LogP contribution in [0.15, 0.2) is 17.0 Å². The number of piperazine rings is 1. The van der Waals surface area contributed by atoms with E-state index in [1.54, 1.807) is 4.90 Å². The summed E-state index contributed by atoms with van der Waals surface area (Å²) in [5, 5.41) is 3.35. The van der Waals surface area contributed by atoms with Crippen molar-refractivity contribution < 1.29 is 17.6 Å². The van der Waals surface area contributed by atoms with E-state index >= 15 is 0 Å². The molecule has 0 radical (unpaired) electrons. The maximum Gasteiger partial charge on any atom is 0.241 e. The zero-order valence-corrected chi connectivity index (χ0v) is 17.2. The highest BCUT2D eigenvalue weighted by Gasteiger charge is 2.40. The van der Waals surface area contributed by atoms with E-state index in [9.17, 15) is 17.6 Å². The molecule has 1 fully saturated rings. The number of benzene rings is 1. The van der Waals surface area contributed by atoms with Crippen molar-refractivity contribution in [1.82, 2.24) is 10.2 Å². The zero-order valence-electron chi connectivity index (χ0n) is 16.4. The molecule has 2 aliphatic rings. The van der Waals surface area contributed by atoms with Crippen LogP contribution in [0.25, 0.3) is 0 Å². The van der Waals surface area contributed by atoms with Crippen LogP contribution in [0.3, 0.4) is 0 Å². The highest BCUT2D eigenvalue weighted by molar-refractivity contribution is 7.91. The number of carbonyl (C=O) groups is 1. The van der Waals surface area contributed by atoms with Crippen LogP contribution in [0.4, 0.5) is 10.1 Å². The highest BCUT2D eigenvalue weighted by Crippen LogP contribution is 2.42. The largest absolute Gasteiger partial charge is 0.312 e. The molecule has 0 bridgehead atoms. The molecule has 1 atom stereocenters. The average molecular weight is 398 g/mol. The Morgan fingerprint density at radius 2 is 2.07 bits per heavy atom. The van der Waals surface area contributed by atoms with E-state index in [0.29, 0.717) is 23.8 Å². The van der Waals surface area contributed by atoms with Crippen LogP contribution in [0, 0.1) is 5.82 Å². The Labute approximate surface area is 160 Å². The molecule has 27 heavy (non-hydrogen) atoms. The van der Waals surface area contributed by atoms with Crippen molar-refractivity contribution in [3.63, 3.8) is 0 Å². The molecule has 8 heteroatoms. The molecule has 6 nitrogen and oxygen atoms in total. The normalized spacial score (nSPS) is 22.7. The number of sulfone groups is 1. The van der Waals surface area contributed by atoms with Crippen molar-refractivity contribution in [3.8, 4) is 0 Å². The van der Waals surface area contributed by atoms with E-state index in [1.165, 1.54) is 19.1 Å². The first-order chi connectivity index (χ1) is 12.5. The van der Waals surface area contributed by atoms with Crippen LogP contribution in [0.2, 0.25) is 0 Å². The van der Waals surface area contributed by atoms with Crippen molar-refractivity contribution in [2.45, 2.75) is 44.0 Å². The molecule has 0 aromatic heterocycles. The van der Waals surface area contributed by atoms with Crippen LogP contribution in [-0.4, -0.2) is 63.7 Å². The smallest absolute Gasteiger partial charge is 0.241 e. The number of amides is 1. The topological polar surface area (TPSA) is 69.7 Å². The van der Waals surface area contributed by atoms with Crippen LogP contribution in [-0.2, 0) is 20.0 Å².